The van der Waals surface area contributed by atoms with E-state index < -0.39 is 0 Å². The van der Waals surface area contributed by atoms with Gasteiger partial charge in [0.25, 0.3) is 0 Å². The summed E-state index contributed by atoms with van der Waals surface area (Å²) in [6, 6.07) is 10.2. The number of benzene rings is 1. The number of rotatable bonds is 11. The number of alkyl halides is 1. The van der Waals surface area contributed by atoms with E-state index in [1.807, 2.05) is 18.2 Å². The zero-order valence-corrected chi connectivity index (χ0v) is 14.4. The summed E-state index contributed by atoms with van der Waals surface area (Å²) in [7, 11) is 0. The molecule has 0 saturated carbocycles. The van der Waals surface area contributed by atoms with Crippen LogP contribution in [0.3, 0.4) is 0 Å². The lowest BCUT2D eigenvalue weighted by Crippen LogP contribution is -2.08. The summed E-state index contributed by atoms with van der Waals surface area (Å²) < 4.78 is 12.2. The molecule has 0 aliphatic carbocycles. The largest absolute Gasteiger partial charge is 0.355 e. The maximum absolute atomic E-state index is 5.55. The van der Waals surface area contributed by atoms with E-state index in [1.165, 1.54) is 24.8 Å². The maximum Gasteiger partial charge on any atom is 0.147 e. The molecule has 3 heteroatoms. The Kier molecular flexibility index (Phi) is 10.9. The molecule has 0 unspecified atom stereocenters. The predicted molar refractivity (Wildman–Crippen MR) is 93.1 cm³/mol. The molecule has 0 radical (unpaired) electrons. The number of ether oxygens (including phenoxy) is 2. The van der Waals surface area contributed by atoms with Gasteiger partial charge >= 0.3 is 0 Å². The van der Waals surface area contributed by atoms with Crippen LogP contribution in [-0.4, -0.2) is 17.8 Å². The van der Waals surface area contributed by atoms with Crippen molar-refractivity contribution in [2.75, 3.05) is 17.8 Å². The van der Waals surface area contributed by atoms with E-state index in [9.17, 15) is 0 Å². The normalized spacial score (nSPS) is 12.9. The van der Waals surface area contributed by atoms with Crippen molar-refractivity contribution < 1.29 is 9.47 Å². The Morgan fingerprint density at radius 3 is 2.70 bits per heavy atom. The van der Waals surface area contributed by atoms with Crippen LogP contribution in [0.4, 0.5) is 0 Å². The number of halogens is 1. The predicted octanol–water partition coefficient (Wildman–Crippen LogP) is 4.97. The van der Waals surface area contributed by atoms with Crippen LogP contribution >= 0.6 is 22.6 Å². The molecule has 0 N–H and O–H groups in total. The van der Waals surface area contributed by atoms with Crippen LogP contribution < -0.4 is 0 Å². The van der Waals surface area contributed by atoms with Gasteiger partial charge in [0.05, 0.1) is 13.2 Å². The molecule has 0 spiro atoms. The van der Waals surface area contributed by atoms with Crippen LogP contribution in [0.5, 0.6) is 0 Å². The fraction of sp³-hybridized carbons (Fsp3) is 0.529. The van der Waals surface area contributed by atoms with Crippen molar-refractivity contribution in [3.05, 3.63) is 48.0 Å². The van der Waals surface area contributed by atoms with E-state index in [1.54, 1.807) is 0 Å². The molecule has 2 nitrogen and oxygen atoms in total. The van der Waals surface area contributed by atoms with Gasteiger partial charge in [-0.1, -0.05) is 72.0 Å². The summed E-state index contributed by atoms with van der Waals surface area (Å²) in [5, 5.41) is 0. The molecule has 0 aliphatic heterocycles. The van der Waals surface area contributed by atoms with Gasteiger partial charge in [0.1, 0.15) is 6.79 Å². The Bertz CT molecular complexity index is 351. The summed E-state index contributed by atoms with van der Waals surface area (Å²) in [6.45, 7) is 4.02. The third-order valence-electron chi connectivity index (χ3n) is 3.00. The van der Waals surface area contributed by atoms with Gasteiger partial charge in [-0.2, -0.15) is 0 Å². The van der Waals surface area contributed by atoms with E-state index in [2.05, 4.69) is 53.8 Å². The summed E-state index contributed by atoms with van der Waals surface area (Å²) in [6.07, 6.45) is 8.12. The second kappa shape index (κ2) is 12.4. The topological polar surface area (TPSA) is 18.5 Å². The van der Waals surface area contributed by atoms with Crippen molar-refractivity contribution in [1.29, 1.82) is 0 Å². The van der Waals surface area contributed by atoms with E-state index in [-0.39, 0.29) is 0 Å². The van der Waals surface area contributed by atoms with Crippen molar-refractivity contribution in [2.24, 2.45) is 5.92 Å². The van der Waals surface area contributed by atoms with E-state index in [0.29, 0.717) is 19.3 Å². The highest BCUT2D eigenvalue weighted by molar-refractivity contribution is 14.1. The fourth-order valence-corrected chi connectivity index (χ4v) is 2.25. The third-order valence-corrected chi connectivity index (χ3v) is 3.51. The molecule has 1 aromatic rings. The molecule has 1 atom stereocenters. The van der Waals surface area contributed by atoms with Crippen LogP contribution in [0, 0.1) is 5.92 Å². The fourth-order valence-electron chi connectivity index (χ4n) is 1.89. The number of unbranched alkanes of at least 4 members (excludes halogenated alkanes) is 1. The van der Waals surface area contributed by atoms with Gasteiger partial charge in [-0.15, -0.1) is 0 Å². The molecule has 112 valence electrons. The van der Waals surface area contributed by atoms with Gasteiger partial charge in [-0.25, -0.2) is 0 Å². The molecule has 0 aromatic heterocycles. The van der Waals surface area contributed by atoms with Gasteiger partial charge in [-0.3, -0.25) is 0 Å². The van der Waals surface area contributed by atoms with E-state index in [0.717, 1.165) is 11.0 Å². The molecule has 0 saturated heterocycles. The molecule has 0 aliphatic rings. The number of hydrogen-bond donors (Lipinski definition) is 0. The highest BCUT2D eigenvalue weighted by Gasteiger charge is 2.01. The van der Waals surface area contributed by atoms with Crippen molar-refractivity contribution >= 4 is 22.6 Å². The minimum absolute atomic E-state index is 0.383. The first-order chi connectivity index (χ1) is 9.83. The van der Waals surface area contributed by atoms with Crippen LogP contribution in [-0.2, 0) is 16.1 Å². The van der Waals surface area contributed by atoms with Gasteiger partial charge < -0.3 is 9.47 Å². The Morgan fingerprint density at radius 2 is 1.95 bits per heavy atom. The Morgan fingerprint density at radius 1 is 1.15 bits per heavy atom. The third kappa shape index (κ3) is 9.50. The lowest BCUT2D eigenvalue weighted by atomic mass is 10.1. The first kappa shape index (κ1) is 17.7. The Labute approximate surface area is 136 Å². The maximum atomic E-state index is 5.55. The van der Waals surface area contributed by atoms with Gasteiger partial charge in [0, 0.05) is 4.43 Å². The average molecular weight is 388 g/mol. The van der Waals surface area contributed by atoms with Crippen molar-refractivity contribution in [1.82, 2.24) is 0 Å². The highest BCUT2D eigenvalue weighted by atomic mass is 127. The van der Waals surface area contributed by atoms with Crippen molar-refractivity contribution in [3.8, 4) is 0 Å². The Balaban J connectivity index is 1.94. The zero-order chi connectivity index (χ0) is 14.5. The van der Waals surface area contributed by atoms with Crippen LogP contribution in [0.25, 0.3) is 0 Å². The SMILES string of the molecule is C[C@@H](CCC/C=C/CI)COCOCc1ccccc1. The average Bonchev–Trinajstić information content (AvgIpc) is 2.48. The molecule has 0 amide bonds. The van der Waals surface area contributed by atoms with Crippen LogP contribution in [0.1, 0.15) is 31.7 Å². The summed E-state index contributed by atoms with van der Waals surface area (Å²) in [4.78, 5) is 0. The lowest BCUT2D eigenvalue weighted by molar-refractivity contribution is -0.0708. The second-order valence-electron chi connectivity index (χ2n) is 4.98. The van der Waals surface area contributed by atoms with Gasteiger partial charge in [-0.05, 0) is 30.7 Å². The summed E-state index contributed by atoms with van der Waals surface area (Å²) >= 11 is 2.36. The minimum Gasteiger partial charge on any atom is -0.355 e. The monoisotopic (exact) mass is 388 g/mol. The van der Waals surface area contributed by atoms with E-state index in [4.69, 9.17) is 9.47 Å². The Hall–Kier alpha value is -0.390. The van der Waals surface area contributed by atoms with Crippen LogP contribution in [0.2, 0.25) is 0 Å². The molecule has 0 heterocycles. The van der Waals surface area contributed by atoms with Gasteiger partial charge in [0.15, 0.2) is 0 Å². The van der Waals surface area contributed by atoms with Gasteiger partial charge in [0.2, 0.25) is 0 Å². The zero-order valence-electron chi connectivity index (χ0n) is 12.3. The lowest BCUT2D eigenvalue weighted by Gasteiger charge is -2.11. The first-order valence-corrected chi connectivity index (χ1v) is 8.76. The number of allylic oxidation sites excluding steroid dienone is 2. The molecule has 1 rings (SSSR count). The molecular weight excluding hydrogens is 363 g/mol. The standard InChI is InChI=1S/C17H25IO2/c1-16(9-5-2-3-8-12-18)13-19-15-20-14-17-10-6-4-7-11-17/h3-4,6-8,10-11,16H,2,5,9,12-15H2,1H3/b8-3+/t16-/m0/s1. The molecule has 20 heavy (non-hydrogen) atoms. The minimum atomic E-state index is 0.383. The van der Waals surface area contributed by atoms with Crippen molar-refractivity contribution in [3.63, 3.8) is 0 Å². The van der Waals surface area contributed by atoms with E-state index >= 15 is 0 Å². The van der Waals surface area contributed by atoms with Crippen molar-refractivity contribution in [2.45, 2.75) is 32.8 Å². The highest BCUT2D eigenvalue weighted by Crippen LogP contribution is 2.09. The first-order valence-electron chi connectivity index (χ1n) is 7.23. The summed E-state index contributed by atoms with van der Waals surface area (Å²) in [5.41, 5.74) is 1.19. The quantitative estimate of drug-likeness (QED) is 0.175. The summed E-state index contributed by atoms with van der Waals surface area (Å²) in [5.74, 6) is 0.600. The second-order valence-corrected chi connectivity index (χ2v) is 5.87. The molecule has 1 aromatic carbocycles. The number of hydrogen-bond acceptors (Lipinski definition) is 2. The van der Waals surface area contributed by atoms with Crippen LogP contribution in [0.15, 0.2) is 42.5 Å². The smallest absolute Gasteiger partial charge is 0.147 e. The molecular formula is C17H25IO2. The molecule has 0 bridgehead atoms. The molecule has 0 fully saturated rings.